The second-order valence-electron chi connectivity index (χ2n) is 7.15. The molecule has 1 aliphatic rings. The summed E-state index contributed by atoms with van der Waals surface area (Å²) in [6, 6.07) is 11.4. The van der Waals surface area contributed by atoms with Crippen molar-refractivity contribution in [1.82, 2.24) is 19.8 Å². The summed E-state index contributed by atoms with van der Waals surface area (Å²) in [7, 11) is 1.98. The van der Waals surface area contributed by atoms with Gasteiger partial charge in [-0.3, -0.25) is 9.69 Å². The maximum Gasteiger partial charge on any atom is 0.289 e. The molecule has 1 fully saturated rings. The van der Waals surface area contributed by atoms with E-state index in [0.29, 0.717) is 42.6 Å². The SMILES string of the molecule is CN(Cc1nccc(N)n1)[C@H]1CCN(C(=O)c2ccc(-c3ccccc3F)o2)C1. The summed E-state index contributed by atoms with van der Waals surface area (Å²) in [6.07, 6.45) is 2.48. The molecule has 150 valence electrons. The van der Waals surface area contributed by atoms with Gasteiger partial charge in [0.25, 0.3) is 5.91 Å². The van der Waals surface area contributed by atoms with E-state index in [9.17, 15) is 9.18 Å². The molecule has 29 heavy (non-hydrogen) atoms. The van der Waals surface area contributed by atoms with Crippen LogP contribution in [0.3, 0.4) is 0 Å². The van der Waals surface area contributed by atoms with E-state index in [1.165, 1.54) is 6.07 Å². The first kappa shape index (κ1) is 19.1. The zero-order valence-corrected chi connectivity index (χ0v) is 16.1. The van der Waals surface area contributed by atoms with Gasteiger partial charge in [0.15, 0.2) is 5.76 Å². The summed E-state index contributed by atoms with van der Waals surface area (Å²) in [5.41, 5.74) is 6.05. The Balaban J connectivity index is 1.40. The van der Waals surface area contributed by atoms with Crippen molar-refractivity contribution in [1.29, 1.82) is 0 Å². The minimum atomic E-state index is -0.382. The fourth-order valence-electron chi connectivity index (χ4n) is 3.54. The van der Waals surface area contributed by atoms with Crippen LogP contribution in [-0.4, -0.2) is 51.9 Å². The van der Waals surface area contributed by atoms with Crippen LogP contribution in [0.4, 0.5) is 10.2 Å². The highest BCUT2D eigenvalue weighted by atomic mass is 19.1. The van der Waals surface area contributed by atoms with Crippen LogP contribution in [0.1, 0.15) is 22.8 Å². The van der Waals surface area contributed by atoms with Crippen LogP contribution < -0.4 is 5.73 Å². The monoisotopic (exact) mass is 395 g/mol. The molecule has 0 radical (unpaired) electrons. The van der Waals surface area contributed by atoms with Crippen LogP contribution >= 0.6 is 0 Å². The average Bonchev–Trinajstić information content (AvgIpc) is 3.38. The predicted octanol–water partition coefficient (Wildman–Crippen LogP) is 2.80. The molecule has 3 aromatic rings. The third-order valence-electron chi connectivity index (χ3n) is 5.15. The van der Waals surface area contributed by atoms with Gasteiger partial charge in [0.1, 0.15) is 23.2 Å². The first-order valence-electron chi connectivity index (χ1n) is 9.43. The number of amides is 1. The largest absolute Gasteiger partial charge is 0.451 e. The molecule has 2 aromatic heterocycles. The number of carbonyl (C=O) groups is 1. The molecular formula is C21H22FN5O2. The maximum absolute atomic E-state index is 14.0. The second kappa shape index (κ2) is 8.00. The van der Waals surface area contributed by atoms with Crippen LogP contribution in [0.15, 0.2) is 53.1 Å². The number of hydrogen-bond acceptors (Lipinski definition) is 6. The number of aromatic nitrogens is 2. The van der Waals surface area contributed by atoms with E-state index in [0.717, 1.165) is 6.42 Å². The molecule has 3 heterocycles. The van der Waals surface area contributed by atoms with Gasteiger partial charge in [-0.2, -0.15) is 0 Å². The van der Waals surface area contributed by atoms with Gasteiger partial charge in [-0.25, -0.2) is 14.4 Å². The van der Waals surface area contributed by atoms with E-state index in [1.54, 1.807) is 47.5 Å². The molecule has 1 aromatic carbocycles. The molecule has 1 aliphatic heterocycles. The lowest BCUT2D eigenvalue weighted by Gasteiger charge is -2.23. The van der Waals surface area contributed by atoms with Gasteiger partial charge >= 0.3 is 0 Å². The van der Waals surface area contributed by atoms with E-state index in [1.807, 2.05) is 7.05 Å². The molecule has 0 spiro atoms. The summed E-state index contributed by atoms with van der Waals surface area (Å²) >= 11 is 0. The van der Waals surface area contributed by atoms with Crippen LogP contribution in [0.2, 0.25) is 0 Å². The van der Waals surface area contributed by atoms with Crippen molar-refractivity contribution in [3.63, 3.8) is 0 Å². The minimum absolute atomic E-state index is 0.185. The zero-order chi connectivity index (χ0) is 20.4. The molecule has 2 N–H and O–H groups in total. The third-order valence-corrected chi connectivity index (χ3v) is 5.15. The Hall–Kier alpha value is -3.26. The van der Waals surface area contributed by atoms with Crippen molar-refractivity contribution < 1.29 is 13.6 Å². The van der Waals surface area contributed by atoms with Crippen molar-refractivity contribution in [2.24, 2.45) is 0 Å². The van der Waals surface area contributed by atoms with Crippen molar-refractivity contribution in [3.8, 4) is 11.3 Å². The highest BCUT2D eigenvalue weighted by Gasteiger charge is 2.31. The van der Waals surface area contributed by atoms with E-state index >= 15 is 0 Å². The zero-order valence-electron chi connectivity index (χ0n) is 16.1. The lowest BCUT2D eigenvalue weighted by atomic mass is 10.1. The molecule has 1 atom stereocenters. The Morgan fingerprint density at radius 1 is 1.31 bits per heavy atom. The molecule has 0 saturated carbocycles. The summed E-state index contributed by atoms with van der Waals surface area (Å²) in [4.78, 5) is 25.2. The minimum Gasteiger partial charge on any atom is -0.451 e. The van der Waals surface area contributed by atoms with Gasteiger partial charge in [0.05, 0.1) is 12.1 Å². The number of hydrogen-bond donors (Lipinski definition) is 1. The second-order valence-corrected chi connectivity index (χ2v) is 7.15. The van der Waals surface area contributed by atoms with E-state index in [4.69, 9.17) is 10.2 Å². The summed E-state index contributed by atoms with van der Waals surface area (Å²) in [6.45, 7) is 1.75. The Morgan fingerprint density at radius 2 is 2.14 bits per heavy atom. The Kier molecular flexibility index (Phi) is 5.26. The van der Waals surface area contributed by atoms with Crippen molar-refractivity contribution in [2.75, 3.05) is 25.9 Å². The number of anilines is 1. The molecule has 4 rings (SSSR count). The van der Waals surface area contributed by atoms with Crippen LogP contribution in [-0.2, 0) is 6.54 Å². The number of carbonyl (C=O) groups excluding carboxylic acids is 1. The quantitative estimate of drug-likeness (QED) is 0.715. The maximum atomic E-state index is 14.0. The fourth-order valence-corrected chi connectivity index (χ4v) is 3.54. The number of rotatable bonds is 5. The topological polar surface area (TPSA) is 88.5 Å². The lowest BCUT2D eigenvalue weighted by Crippen LogP contribution is -2.36. The molecule has 7 nitrogen and oxygen atoms in total. The number of furan rings is 1. The van der Waals surface area contributed by atoms with E-state index in [-0.39, 0.29) is 23.5 Å². The first-order valence-corrected chi connectivity index (χ1v) is 9.43. The van der Waals surface area contributed by atoms with E-state index < -0.39 is 0 Å². The van der Waals surface area contributed by atoms with Crippen LogP contribution in [0.5, 0.6) is 0 Å². The molecule has 0 unspecified atom stereocenters. The smallest absolute Gasteiger partial charge is 0.289 e. The standard InChI is InChI=1S/C21H22FN5O2/c1-26(13-20-24-10-8-19(23)25-20)14-9-11-27(12-14)21(28)18-7-6-17(29-18)15-4-2-3-5-16(15)22/h2-8,10,14H,9,11-13H2,1H3,(H2,23,24,25)/t14-/m0/s1. The highest BCUT2D eigenvalue weighted by Crippen LogP contribution is 2.26. The molecular weight excluding hydrogens is 373 g/mol. The number of benzene rings is 1. The number of nitrogens with two attached hydrogens (primary N) is 1. The van der Waals surface area contributed by atoms with Gasteiger partial charge in [0, 0.05) is 25.3 Å². The third kappa shape index (κ3) is 4.12. The number of likely N-dealkylation sites (tertiary alicyclic amines) is 1. The molecule has 1 amide bonds. The van der Waals surface area contributed by atoms with Gasteiger partial charge in [-0.1, -0.05) is 12.1 Å². The van der Waals surface area contributed by atoms with Crippen molar-refractivity contribution in [3.05, 3.63) is 66.1 Å². The number of nitrogens with zero attached hydrogens (tertiary/aromatic N) is 4. The summed E-state index contributed by atoms with van der Waals surface area (Å²) < 4.78 is 19.6. The van der Waals surface area contributed by atoms with Gasteiger partial charge in [0.2, 0.25) is 0 Å². The predicted molar refractivity (Wildman–Crippen MR) is 106 cm³/mol. The van der Waals surface area contributed by atoms with Crippen LogP contribution in [0.25, 0.3) is 11.3 Å². The number of halogens is 1. The van der Waals surface area contributed by atoms with Crippen molar-refractivity contribution in [2.45, 2.75) is 19.0 Å². The Morgan fingerprint density at radius 3 is 2.93 bits per heavy atom. The number of nitrogen functional groups attached to an aromatic ring is 1. The first-order chi connectivity index (χ1) is 14.0. The van der Waals surface area contributed by atoms with Gasteiger partial charge < -0.3 is 15.1 Å². The van der Waals surface area contributed by atoms with Gasteiger partial charge in [-0.05, 0) is 43.8 Å². The van der Waals surface area contributed by atoms with Crippen LogP contribution in [0, 0.1) is 5.82 Å². The summed E-state index contributed by atoms with van der Waals surface area (Å²) in [5.74, 6) is 1.08. The summed E-state index contributed by atoms with van der Waals surface area (Å²) in [5, 5.41) is 0. The van der Waals surface area contributed by atoms with Gasteiger partial charge in [-0.15, -0.1) is 0 Å². The number of likely N-dealkylation sites (N-methyl/N-ethyl adjacent to an activating group) is 1. The average molecular weight is 395 g/mol. The fraction of sp³-hybridized carbons (Fsp3) is 0.286. The Bertz CT molecular complexity index is 1020. The molecule has 1 saturated heterocycles. The molecule has 0 bridgehead atoms. The lowest BCUT2D eigenvalue weighted by molar-refractivity contribution is 0.0748. The normalized spacial score (nSPS) is 16.5. The highest BCUT2D eigenvalue weighted by molar-refractivity contribution is 5.92. The van der Waals surface area contributed by atoms with Crippen molar-refractivity contribution >= 4 is 11.7 Å². The Labute approximate surface area is 168 Å². The molecule has 8 heteroatoms. The van der Waals surface area contributed by atoms with E-state index in [2.05, 4.69) is 14.9 Å². The molecule has 0 aliphatic carbocycles.